The number of carboxylic acids is 1. The number of carbonyl (C=O) groups is 2. The van der Waals surface area contributed by atoms with Crippen molar-refractivity contribution in [2.75, 3.05) is 0 Å². The standard InChI is InChI=1S/C28H26N2O4/c1-19-9-15-23(16-10-19)26(31)27-29-24-7-3-4-8-25(24)30(27)17-5-6-21-11-13-22(14-12-21)18-34-20(2)28(32)33/h3-16,20H,17-18H2,1-2H3,(H,32,33)/b6-5+/t20-/m1/s1. The molecule has 6 nitrogen and oxygen atoms in total. The van der Waals surface area contributed by atoms with E-state index < -0.39 is 12.1 Å². The largest absolute Gasteiger partial charge is 0.479 e. The minimum absolute atomic E-state index is 0.107. The van der Waals surface area contributed by atoms with Crippen LogP contribution in [0.5, 0.6) is 0 Å². The van der Waals surface area contributed by atoms with Gasteiger partial charge in [0.25, 0.3) is 0 Å². The van der Waals surface area contributed by atoms with E-state index in [2.05, 4.69) is 4.98 Å². The summed E-state index contributed by atoms with van der Waals surface area (Å²) >= 11 is 0. The van der Waals surface area contributed by atoms with Crippen molar-refractivity contribution in [1.82, 2.24) is 9.55 Å². The number of ketones is 1. The number of carboxylic acid groups (broad SMARTS) is 1. The van der Waals surface area contributed by atoms with Gasteiger partial charge in [-0.05, 0) is 37.1 Å². The number of ether oxygens (including phenoxy) is 1. The van der Waals surface area contributed by atoms with Gasteiger partial charge in [-0.3, -0.25) is 4.79 Å². The summed E-state index contributed by atoms with van der Waals surface area (Å²) in [6.07, 6.45) is 3.14. The average molecular weight is 455 g/mol. The van der Waals surface area contributed by atoms with Gasteiger partial charge in [0.15, 0.2) is 11.9 Å². The summed E-state index contributed by atoms with van der Waals surface area (Å²) in [5, 5.41) is 8.91. The number of hydrogen-bond donors (Lipinski definition) is 1. The highest BCUT2D eigenvalue weighted by Crippen LogP contribution is 2.20. The van der Waals surface area contributed by atoms with Crippen molar-refractivity contribution in [2.45, 2.75) is 33.1 Å². The summed E-state index contributed by atoms with van der Waals surface area (Å²) in [5.74, 6) is -0.675. The van der Waals surface area contributed by atoms with Crippen LogP contribution in [0.3, 0.4) is 0 Å². The summed E-state index contributed by atoms with van der Waals surface area (Å²) in [7, 11) is 0. The van der Waals surface area contributed by atoms with Crippen LogP contribution in [0.15, 0.2) is 78.9 Å². The van der Waals surface area contributed by atoms with Gasteiger partial charge in [-0.25, -0.2) is 9.78 Å². The van der Waals surface area contributed by atoms with E-state index in [1.807, 2.05) is 96.4 Å². The summed E-state index contributed by atoms with van der Waals surface area (Å²) in [4.78, 5) is 28.7. The second-order valence-electron chi connectivity index (χ2n) is 8.17. The van der Waals surface area contributed by atoms with Crippen LogP contribution in [-0.2, 0) is 22.7 Å². The lowest BCUT2D eigenvalue weighted by atomic mass is 10.1. The number of imidazole rings is 1. The van der Waals surface area contributed by atoms with Crippen LogP contribution in [0, 0.1) is 6.92 Å². The van der Waals surface area contributed by atoms with Crippen LogP contribution in [0.1, 0.15) is 39.8 Å². The van der Waals surface area contributed by atoms with Crippen LogP contribution >= 0.6 is 0 Å². The normalized spacial score (nSPS) is 12.3. The molecule has 0 unspecified atom stereocenters. The molecule has 0 spiro atoms. The van der Waals surface area contributed by atoms with Gasteiger partial charge in [-0.15, -0.1) is 0 Å². The molecule has 0 radical (unpaired) electrons. The van der Waals surface area contributed by atoms with E-state index in [1.54, 1.807) is 0 Å². The number of aromatic nitrogens is 2. The van der Waals surface area contributed by atoms with E-state index in [0.29, 0.717) is 17.9 Å². The lowest BCUT2D eigenvalue weighted by molar-refractivity contribution is -0.149. The van der Waals surface area contributed by atoms with Gasteiger partial charge in [0.05, 0.1) is 17.6 Å². The molecule has 1 aromatic heterocycles. The molecule has 1 N–H and O–H groups in total. The van der Waals surface area contributed by atoms with E-state index in [1.165, 1.54) is 6.92 Å². The fourth-order valence-corrected chi connectivity index (χ4v) is 3.58. The van der Waals surface area contributed by atoms with Gasteiger partial charge < -0.3 is 14.4 Å². The van der Waals surface area contributed by atoms with Crippen molar-refractivity contribution in [3.8, 4) is 0 Å². The maximum atomic E-state index is 13.2. The molecule has 0 fully saturated rings. The zero-order valence-electron chi connectivity index (χ0n) is 19.1. The maximum Gasteiger partial charge on any atom is 0.332 e. The molecule has 0 aliphatic heterocycles. The van der Waals surface area contributed by atoms with Crippen LogP contribution < -0.4 is 0 Å². The second kappa shape index (κ2) is 10.3. The van der Waals surface area contributed by atoms with Gasteiger partial charge >= 0.3 is 5.97 Å². The van der Waals surface area contributed by atoms with E-state index in [-0.39, 0.29) is 12.4 Å². The number of rotatable bonds is 9. The summed E-state index contributed by atoms with van der Waals surface area (Å²) < 4.78 is 7.25. The molecule has 0 saturated carbocycles. The lowest BCUT2D eigenvalue weighted by Gasteiger charge is -2.08. The number of aliphatic carboxylic acids is 1. The molecule has 0 bridgehead atoms. The molecule has 0 saturated heterocycles. The Bertz CT molecular complexity index is 1340. The number of nitrogens with zero attached hydrogens (tertiary/aromatic N) is 2. The van der Waals surface area contributed by atoms with Crippen LogP contribution in [0.2, 0.25) is 0 Å². The number of hydrogen-bond acceptors (Lipinski definition) is 4. The number of para-hydroxylation sites is 2. The van der Waals surface area contributed by atoms with Crippen LogP contribution in [-0.4, -0.2) is 32.5 Å². The van der Waals surface area contributed by atoms with Gasteiger partial charge in [0.1, 0.15) is 0 Å². The predicted molar refractivity (Wildman–Crippen MR) is 132 cm³/mol. The highest BCUT2D eigenvalue weighted by Gasteiger charge is 2.18. The topological polar surface area (TPSA) is 81.4 Å². The van der Waals surface area contributed by atoms with Crippen molar-refractivity contribution in [3.05, 3.63) is 107 Å². The van der Waals surface area contributed by atoms with Gasteiger partial charge in [0, 0.05) is 12.1 Å². The Hall–Kier alpha value is -4.03. The molecular weight excluding hydrogens is 428 g/mol. The quantitative estimate of drug-likeness (QED) is 0.348. The smallest absolute Gasteiger partial charge is 0.332 e. The fraction of sp³-hybridized carbons (Fsp3) is 0.179. The van der Waals surface area contributed by atoms with Crippen molar-refractivity contribution in [2.24, 2.45) is 0 Å². The van der Waals surface area contributed by atoms with Gasteiger partial charge in [-0.2, -0.15) is 0 Å². The Morgan fingerprint density at radius 2 is 1.74 bits per heavy atom. The Balaban J connectivity index is 1.52. The Morgan fingerprint density at radius 3 is 2.44 bits per heavy atom. The molecule has 0 aliphatic carbocycles. The van der Waals surface area contributed by atoms with E-state index in [9.17, 15) is 9.59 Å². The summed E-state index contributed by atoms with van der Waals surface area (Å²) in [5.41, 5.74) is 5.29. The number of allylic oxidation sites excluding steroid dienone is 1. The third kappa shape index (κ3) is 5.30. The first-order chi connectivity index (χ1) is 16.4. The molecular formula is C28H26N2O4. The second-order valence-corrected chi connectivity index (χ2v) is 8.17. The van der Waals surface area contributed by atoms with Gasteiger partial charge in [-0.1, -0.05) is 78.4 Å². The zero-order chi connectivity index (χ0) is 24.1. The Labute approximate surface area is 198 Å². The minimum atomic E-state index is -0.980. The fourth-order valence-electron chi connectivity index (χ4n) is 3.58. The van der Waals surface area contributed by atoms with E-state index >= 15 is 0 Å². The molecule has 6 heteroatoms. The molecule has 4 aromatic rings. The molecule has 1 heterocycles. The first-order valence-corrected chi connectivity index (χ1v) is 11.1. The average Bonchev–Trinajstić information content (AvgIpc) is 3.22. The highest BCUT2D eigenvalue weighted by molar-refractivity contribution is 6.08. The first kappa shape index (κ1) is 23.1. The zero-order valence-corrected chi connectivity index (χ0v) is 19.1. The summed E-state index contributed by atoms with van der Waals surface area (Å²) in [6.45, 7) is 4.24. The number of benzene rings is 3. The minimum Gasteiger partial charge on any atom is -0.479 e. The number of carbonyl (C=O) groups excluding carboxylic acids is 1. The van der Waals surface area contributed by atoms with Crippen molar-refractivity contribution >= 4 is 28.9 Å². The molecule has 4 rings (SSSR count). The molecule has 34 heavy (non-hydrogen) atoms. The molecule has 0 amide bonds. The highest BCUT2D eigenvalue weighted by atomic mass is 16.5. The maximum absolute atomic E-state index is 13.2. The van der Waals surface area contributed by atoms with Crippen molar-refractivity contribution < 1.29 is 19.4 Å². The molecule has 172 valence electrons. The van der Waals surface area contributed by atoms with E-state index in [0.717, 1.165) is 27.7 Å². The summed E-state index contributed by atoms with van der Waals surface area (Å²) in [6, 6.07) is 23.0. The SMILES string of the molecule is Cc1ccc(C(=O)c2nc3ccccc3n2C/C=C/c2ccc(CO[C@H](C)C(=O)O)cc2)cc1. The third-order valence-electron chi connectivity index (χ3n) is 5.60. The Morgan fingerprint density at radius 1 is 1.03 bits per heavy atom. The Kier molecular flexibility index (Phi) is 6.99. The first-order valence-electron chi connectivity index (χ1n) is 11.1. The number of aryl methyl sites for hydroxylation is 1. The third-order valence-corrected chi connectivity index (χ3v) is 5.60. The van der Waals surface area contributed by atoms with Crippen LogP contribution in [0.4, 0.5) is 0 Å². The van der Waals surface area contributed by atoms with E-state index in [4.69, 9.17) is 9.84 Å². The predicted octanol–water partition coefficient (Wildman–Crippen LogP) is 5.28. The molecule has 3 aromatic carbocycles. The lowest BCUT2D eigenvalue weighted by Crippen LogP contribution is -2.19. The van der Waals surface area contributed by atoms with Gasteiger partial charge in [0.2, 0.25) is 5.78 Å². The van der Waals surface area contributed by atoms with Crippen molar-refractivity contribution in [3.63, 3.8) is 0 Å². The monoisotopic (exact) mass is 454 g/mol. The number of fused-ring (bicyclic) bond motifs is 1. The molecule has 0 aliphatic rings. The van der Waals surface area contributed by atoms with Crippen molar-refractivity contribution in [1.29, 1.82) is 0 Å². The molecule has 1 atom stereocenters. The van der Waals surface area contributed by atoms with Crippen LogP contribution in [0.25, 0.3) is 17.1 Å².